The smallest absolute Gasteiger partial charge is 0.165 e. The van der Waals surface area contributed by atoms with Crippen molar-refractivity contribution in [2.45, 2.75) is 26.5 Å². The first-order valence-corrected chi connectivity index (χ1v) is 7.80. The van der Waals surface area contributed by atoms with E-state index in [0.29, 0.717) is 12.4 Å². The van der Waals surface area contributed by atoms with Crippen LogP contribution in [0.1, 0.15) is 31.0 Å². The van der Waals surface area contributed by atoms with Crippen LogP contribution in [0, 0.1) is 5.82 Å². The normalized spacial score (nSPS) is 12.2. The van der Waals surface area contributed by atoms with Crippen molar-refractivity contribution in [1.29, 1.82) is 0 Å². The molecular weight excluding hydrogens is 333 g/mol. The molecule has 112 valence electrons. The summed E-state index contributed by atoms with van der Waals surface area (Å²) in [6.07, 6.45) is 0. The predicted octanol–water partition coefficient (Wildman–Crippen LogP) is 4.84. The predicted molar refractivity (Wildman–Crippen MR) is 87.0 cm³/mol. The number of para-hydroxylation sites is 1. The maximum Gasteiger partial charge on any atom is 0.165 e. The molecule has 0 fully saturated rings. The van der Waals surface area contributed by atoms with Crippen molar-refractivity contribution in [3.05, 3.63) is 63.9 Å². The van der Waals surface area contributed by atoms with Crippen LogP contribution in [0.3, 0.4) is 0 Å². The van der Waals surface area contributed by atoms with E-state index in [-0.39, 0.29) is 11.9 Å². The van der Waals surface area contributed by atoms with E-state index in [0.717, 1.165) is 22.1 Å². The molecule has 0 aliphatic carbocycles. The van der Waals surface area contributed by atoms with Gasteiger partial charge in [-0.2, -0.15) is 0 Å². The summed E-state index contributed by atoms with van der Waals surface area (Å²) in [5.74, 6) is 0.00299. The molecule has 2 aromatic rings. The summed E-state index contributed by atoms with van der Waals surface area (Å²) in [6, 6.07) is 12.9. The molecule has 0 aliphatic heterocycles. The summed E-state index contributed by atoms with van der Waals surface area (Å²) in [5.41, 5.74) is 1.84. The second kappa shape index (κ2) is 7.57. The van der Waals surface area contributed by atoms with Gasteiger partial charge in [0.15, 0.2) is 11.6 Å². The first-order chi connectivity index (χ1) is 10.1. The third kappa shape index (κ3) is 4.29. The molecule has 2 aromatic carbocycles. The fourth-order valence-corrected chi connectivity index (χ4v) is 2.44. The minimum absolute atomic E-state index is 0.0469. The van der Waals surface area contributed by atoms with Gasteiger partial charge < -0.3 is 10.1 Å². The number of rotatable bonds is 6. The van der Waals surface area contributed by atoms with Gasteiger partial charge in [-0.1, -0.05) is 47.1 Å². The summed E-state index contributed by atoms with van der Waals surface area (Å²) in [7, 11) is 0. The second-order valence-corrected chi connectivity index (χ2v) is 5.77. The first kappa shape index (κ1) is 16.0. The lowest BCUT2D eigenvalue weighted by atomic mass is 10.1. The Hall–Kier alpha value is -1.39. The van der Waals surface area contributed by atoms with Crippen LogP contribution in [0.2, 0.25) is 0 Å². The lowest BCUT2D eigenvalue weighted by Crippen LogP contribution is -2.19. The van der Waals surface area contributed by atoms with Crippen LogP contribution < -0.4 is 10.1 Å². The zero-order chi connectivity index (χ0) is 15.2. The Morgan fingerprint density at radius 1 is 1.19 bits per heavy atom. The van der Waals surface area contributed by atoms with Gasteiger partial charge in [0, 0.05) is 16.1 Å². The van der Waals surface area contributed by atoms with Gasteiger partial charge in [-0.05, 0) is 37.2 Å². The van der Waals surface area contributed by atoms with Crippen LogP contribution in [0.15, 0.2) is 46.9 Å². The molecule has 0 amide bonds. The fraction of sp³-hybridized carbons (Fsp3) is 0.294. The average molecular weight is 352 g/mol. The summed E-state index contributed by atoms with van der Waals surface area (Å²) in [5, 5.41) is 3.28. The Bertz CT molecular complexity index is 586. The topological polar surface area (TPSA) is 21.3 Å². The molecule has 0 saturated heterocycles. The van der Waals surface area contributed by atoms with Gasteiger partial charge in [0.25, 0.3) is 0 Å². The quantitative estimate of drug-likeness (QED) is 0.803. The van der Waals surface area contributed by atoms with Crippen molar-refractivity contribution in [3.8, 4) is 5.75 Å². The number of halogens is 2. The number of hydrogen-bond donors (Lipinski definition) is 1. The van der Waals surface area contributed by atoms with Crippen molar-refractivity contribution in [3.63, 3.8) is 0 Å². The Morgan fingerprint density at radius 3 is 2.57 bits per heavy atom. The van der Waals surface area contributed by atoms with Crippen LogP contribution in [-0.4, -0.2) is 6.54 Å². The average Bonchev–Trinajstić information content (AvgIpc) is 2.47. The molecular formula is C17H19BrFNO. The largest absolute Gasteiger partial charge is 0.485 e. The van der Waals surface area contributed by atoms with Gasteiger partial charge in [0.1, 0.15) is 6.61 Å². The lowest BCUT2D eigenvalue weighted by molar-refractivity contribution is 0.284. The second-order valence-electron chi connectivity index (χ2n) is 4.85. The molecule has 2 nitrogen and oxygen atoms in total. The van der Waals surface area contributed by atoms with E-state index in [2.05, 4.69) is 21.2 Å². The standard InChI is InChI=1S/C17H19BrFNO/c1-3-20-12(2)15-5-4-6-16(19)17(15)21-11-13-7-9-14(18)10-8-13/h4-10,12,20H,3,11H2,1-2H3. The van der Waals surface area contributed by atoms with Crippen molar-refractivity contribution >= 4 is 15.9 Å². The summed E-state index contributed by atoms with van der Waals surface area (Å²) in [6.45, 7) is 5.20. The fourth-order valence-electron chi connectivity index (χ4n) is 2.17. The van der Waals surface area contributed by atoms with Crippen LogP contribution >= 0.6 is 15.9 Å². The van der Waals surface area contributed by atoms with E-state index in [1.165, 1.54) is 6.07 Å². The van der Waals surface area contributed by atoms with Crippen LogP contribution in [0.5, 0.6) is 5.75 Å². The zero-order valence-electron chi connectivity index (χ0n) is 12.2. The first-order valence-electron chi connectivity index (χ1n) is 7.01. The van der Waals surface area contributed by atoms with Gasteiger partial charge in [-0.15, -0.1) is 0 Å². The minimum atomic E-state index is -0.325. The van der Waals surface area contributed by atoms with E-state index in [1.807, 2.05) is 44.2 Å². The lowest BCUT2D eigenvalue weighted by Gasteiger charge is -2.18. The molecule has 0 radical (unpaired) electrons. The number of hydrogen-bond acceptors (Lipinski definition) is 2. The molecule has 4 heteroatoms. The summed E-state index contributed by atoms with van der Waals surface area (Å²) < 4.78 is 20.8. The molecule has 0 aliphatic rings. The number of benzene rings is 2. The van der Waals surface area contributed by atoms with Gasteiger partial charge >= 0.3 is 0 Å². The summed E-state index contributed by atoms with van der Waals surface area (Å²) >= 11 is 3.39. The Balaban J connectivity index is 2.16. The molecule has 0 heterocycles. The minimum Gasteiger partial charge on any atom is -0.485 e. The molecule has 21 heavy (non-hydrogen) atoms. The molecule has 0 bridgehead atoms. The highest BCUT2D eigenvalue weighted by Crippen LogP contribution is 2.29. The van der Waals surface area contributed by atoms with Crippen LogP contribution in [0.25, 0.3) is 0 Å². The van der Waals surface area contributed by atoms with Crippen LogP contribution in [0.4, 0.5) is 4.39 Å². The van der Waals surface area contributed by atoms with Crippen LogP contribution in [-0.2, 0) is 6.61 Å². The Labute approximate surface area is 133 Å². The Kier molecular flexibility index (Phi) is 5.76. The molecule has 0 aromatic heterocycles. The molecule has 2 rings (SSSR count). The van der Waals surface area contributed by atoms with E-state index < -0.39 is 0 Å². The molecule has 1 unspecified atom stereocenters. The number of nitrogens with one attached hydrogen (secondary N) is 1. The SMILES string of the molecule is CCNC(C)c1cccc(F)c1OCc1ccc(Br)cc1. The summed E-state index contributed by atoms with van der Waals surface area (Å²) in [4.78, 5) is 0. The van der Waals surface area contributed by atoms with Crippen molar-refractivity contribution in [2.75, 3.05) is 6.54 Å². The highest BCUT2D eigenvalue weighted by Gasteiger charge is 2.15. The highest BCUT2D eigenvalue weighted by molar-refractivity contribution is 9.10. The third-order valence-corrected chi connectivity index (χ3v) is 3.80. The molecule has 0 spiro atoms. The van der Waals surface area contributed by atoms with E-state index >= 15 is 0 Å². The van der Waals surface area contributed by atoms with Gasteiger partial charge in [0.05, 0.1) is 0 Å². The molecule has 1 N–H and O–H groups in total. The third-order valence-electron chi connectivity index (χ3n) is 3.27. The van der Waals surface area contributed by atoms with Gasteiger partial charge in [-0.3, -0.25) is 0 Å². The molecule has 0 saturated carbocycles. The zero-order valence-corrected chi connectivity index (χ0v) is 13.8. The van der Waals surface area contributed by atoms with Gasteiger partial charge in [-0.25, -0.2) is 4.39 Å². The number of ether oxygens (including phenoxy) is 1. The van der Waals surface area contributed by atoms with Gasteiger partial charge in [0.2, 0.25) is 0 Å². The van der Waals surface area contributed by atoms with Crippen molar-refractivity contribution in [2.24, 2.45) is 0 Å². The van der Waals surface area contributed by atoms with Crippen molar-refractivity contribution < 1.29 is 9.13 Å². The van der Waals surface area contributed by atoms with E-state index in [9.17, 15) is 4.39 Å². The van der Waals surface area contributed by atoms with E-state index in [4.69, 9.17) is 4.74 Å². The highest BCUT2D eigenvalue weighted by atomic mass is 79.9. The van der Waals surface area contributed by atoms with E-state index in [1.54, 1.807) is 6.07 Å². The maximum absolute atomic E-state index is 14.1. The Morgan fingerprint density at radius 2 is 1.90 bits per heavy atom. The maximum atomic E-state index is 14.1. The monoisotopic (exact) mass is 351 g/mol. The molecule has 1 atom stereocenters. The van der Waals surface area contributed by atoms with Crippen molar-refractivity contribution in [1.82, 2.24) is 5.32 Å².